The Morgan fingerprint density at radius 1 is 1.15 bits per heavy atom. The third-order valence-corrected chi connectivity index (χ3v) is 5.39. The van der Waals surface area contributed by atoms with Crippen LogP contribution >= 0.6 is 0 Å². The Balaban J connectivity index is 1.82. The first-order chi connectivity index (χ1) is 12.9. The van der Waals surface area contributed by atoms with Gasteiger partial charge >= 0.3 is 0 Å². The molecule has 140 valence electrons. The van der Waals surface area contributed by atoms with Crippen LogP contribution in [-0.4, -0.2) is 40.1 Å². The summed E-state index contributed by atoms with van der Waals surface area (Å²) in [5, 5.41) is 11.1. The summed E-state index contributed by atoms with van der Waals surface area (Å²) < 4.78 is 14.8. The van der Waals surface area contributed by atoms with Crippen LogP contribution < -0.4 is 0 Å². The predicted octanol–water partition coefficient (Wildman–Crippen LogP) is 4.57. The summed E-state index contributed by atoms with van der Waals surface area (Å²) in [7, 11) is 2.13. The number of pyridine rings is 2. The van der Waals surface area contributed by atoms with Gasteiger partial charge < -0.3 is 10.0 Å². The average molecular weight is 365 g/mol. The van der Waals surface area contributed by atoms with Crippen molar-refractivity contribution in [2.45, 2.75) is 32.6 Å². The first-order valence-electron chi connectivity index (χ1n) is 9.38. The van der Waals surface area contributed by atoms with Crippen LogP contribution in [0.4, 0.5) is 4.39 Å². The SMILES string of the molecule is Cc1cc(C)c(-c2nc3nc(C4CCCN(C)C4)ccc3cc2F)c(O)c1. The topological polar surface area (TPSA) is 49.2 Å². The second-order valence-electron chi connectivity index (χ2n) is 7.68. The summed E-state index contributed by atoms with van der Waals surface area (Å²) in [5.74, 6) is -0.0296. The van der Waals surface area contributed by atoms with Gasteiger partial charge in [0.25, 0.3) is 0 Å². The molecule has 0 radical (unpaired) electrons. The number of hydrogen-bond acceptors (Lipinski definition) is 4. The Labute approximate surface area is 158 Å². The van der Waals surface area contributed by atoms with Crippen LogP contribution in [0.25, 0.3) is 22.3 Å². The molecule has 1 atom stereocenters. The molecule has 0 bridgehead atoms. The minimum atomic E-state index is -0.447. The summed E-state index contributed by atoms with van der Waals surface area (Å²) in [4.78, 5) is 11.6. The number of piperidine rings is 1. The first kappa shape index (κ1) is 17.9. The molecule has 27 heavy (non-hydrogen) atoms. The fourth-order valence-corrected chi connectivity index (χ4v) is 4.10. The lowest BCUT2D eigenvalue weighted by molar-refractivity contribution is 0.248. The standard InChI is InChI=1S/C22H24FN3O/c1-13-9-14(2)20(19(27)10-13)21-17(23)11-15-6-7-18(24-22(15)25-21)16-5-4-8-26(3)12-16/h6-7,9-11,16,27H,4-5,8,12H2,1-3H3. The Morgan fingerprint density at radius 3 is 2.70 bits per heavy atom. The molecule has 2 aromatic heterocycles. The molecule has 0 spiro atoms. The molecule has 4 nitrogen and oxygen atoms in total. The van der Waals surface area contributed by atoms with Crippen molar-refractivity contribution >= 4 is 11.0 Å². The highest BCUT2D eigenvalue weighted by Gasteiger charge is 2.21. The summed E-state index contributed by atoms with van der Waals surface area (Å²) in [6.07, 6.45) is 2.26. The van der Waals surface area contributed by atoms with Gasteiger partial charge in [0.05, 0.1) is 0 Å². The number of rotatable bonds is 2. The molecule has 1 unspecified atom stereocenters. The third-order valence-electron chi connectivity index (χ3n) is 5.39. The zero-order chi connectivity index (χ0) is 19.1. The van der Waals surface area contributed by atoms with E-state index in [0.717, 1.165) is 42.8 Å². The maximum absolute atomic E-state index is 14.8. The van der Waals surface area contributed by atoms with Gasteiger partial charge in [-0.25, -0.2) is 14.4 Å². The van der Waals surface area contributed by atoms with Crippen LogP contribution in [0, 0.1) is 19.7 Å². The summed E-state index contributed by atoms with van der Waals surface area (Å²) >= 11 is 0. The maximum Gasteiger partial charge on any atom is 0.160 e. The number of nitrogens with zero attached hydrogens (tertiary/aromatic N) is 3. The van der Waals surface area contributed by atoms with E-state index in [0.29, 0.717) is 22.5 Å². The largest absolute Gasteiger partial charge is 0.507 e. The van der Waals surface area contributed by atoms with Gasteiger partial charge in [0.15, 0.2) is 5.65 Å². The molecular weight excluding hydrogens is 341 g/mol. The minimum absolute atomic E-state index is 0.0447. The number of likely N-dealkylation sites (N-methyl/N-ethyl adjacent to an activating group) is 1. The molecule has 1 fully saturated rings. The van der Waals surface area contributed by atoms with E-state index in [-0.39, 0.29) is 11.4 Å². The summed E-state index contributed by atoms with van der Waals surface area (Å²) in [6.45, 7) is 5.85. The van der Waals surface area contributed by atoms with E-state index in [4.69, 9.17) is 4.98 Å². The van der Waals surface area contributed by atoms with Gasteiger partial charge in [-0.2, -0.15) is 0 Å². The fourth-order valence-electron chi connectivity index (χ4n) is 4.10. The lowest BCUT2D eigenvalue weighted by atomic mass is 9.94. The summed E-state index contributed by atoms with van der Waals surface area (Å²) in [6, 6.07) is 8.90. The second-order valence-corrected chi connectivity index (χ2v) is 7.68. The van der Waals surface area contributed by atoms with E-state index in [1.54, 1.807) is 6.07 Å². The van der Waals surface area contributed by atoms with Gasteiger partial charge in [-0.1, -0.05) is 6.07 Å². The Kier molecular flexibility index (Phi) is 4.56. The van der Waals surface area contributed by atoms with E-state index >= 15 is 0 Å². The van der Waals surface area contributed by atoms with Gasteiger partial charge in [0.2, 0.25) is 0 Å². The fraction of sp³-hybridized carbons (Fsp3) is 0.364. The lowest BCUT2D eigenvalue weighted by Crippen LogP contribution is -2.31. The highest BCUT2D eigenvalue weighted by atomic mass is 19.1. The molecule has 1 saturated heterocycles. The van der Waals surface area contributed by atoms with E-state index in [1.165, 1.54) is 6.07 Å². The molecule has 0 saturated carbocycles. The average Bonchev–Trinajstić information content (AvgIpc) is 2.61. The lowest BCUT2D eigenvalue weighted by Gasteiger charge is -2.29. The van der Waals surface area contributed by atoms with Crippen molar-refractivity contribution in [3.63, 3.8) is 0 Å². The maximum atomic E-state index is 14.8. The number of benzene rings is 1. The Hall–Kier alpha value is -2.53. The van der Waals surface area contributed by atoms with Gasteiger partial charge in [-0.15, -0.1) is 0 Å². The minimum Gasteiger partial charge on any atom is -0.507 e. The molecular formula is C22H24FN3O. The van der Waals surface area contributed by atoms with E-state index in [1.807, 2.05) is 32.0 Å². The molecule has 1 aliphatic heterocycles. The van der Waals surface area contributed by atoms with Crippen LogP contribution in [0.3, 0.4) is 0 Å². The van der Waals surface area contributed by atoms with Crippen molar-refractivity contribution in [1.82, 2.24) is 14.9 Å². The van der Waals surface area contributed by atoms with Crippen molar-refractivity contribution in [3.8, 4) is 17.0 Å². The smallest absolute Gasteiger partial charge is 0.160 e. The van der Waals surface area contributed by atoms with Crippen molar-refractivity contribution in [2.24, 2.45) is 0 Å². The van der Waals surface area contributed by atoms with Gasteiger partial charge in [0.1, 0.15) is 17.3 Å². The Morgan fingerprint density at radius 2 is 1.96 bits per heavy atom. The molecule has 1 aliphatic rings. The van der Waals surface area contributed by atoms with E-state index in [2.05, 4.69) is 16.9 Å². The number of likely N-dealkylation sites (tertiary alicyclic amines) is 1. The number of aromatic hydroxyl groups is 1. The van der Waals surface area contributed by atoms with Crippen molar-refractivity contribution in [1.29, 1.82) is 0 Å². The van der Waals surface area contributed by atoms with Crippen molar-refractivity contribution < 1.29 is 9.50 Å². The normalized spacial score (nSPS) is 18.1. The highest BCUT2D eigenvalue weighted by Crippen LogP contribution is 2.35. The molecule has 1 N–H and O–H groups in total. The molecule has 1 aromatic carbocycles. The molecule has 3 heterocycles. The van der Waals surface area contributed by atoms with E-state index < -0.39 is 5.82 Å². The zero-order valence-corrected chi connectivity index (χ0v) is 16.0. The quantitative estimate of drug-likeness (QED) is 0.723. The van der Waals surface area contributed by atoms with Gasteiger partial charge in [-0.3, -0.25) is 0 Å². The molecule has 0 aliphatic carbocycles. The third kappa shape index (κ3) is 3.39. The van der Waals surface area contributed by atoms with Gasteiger partial charge in [0, 0.05) is 29.1 Å². The van der Waals surface area contributed by atoms with Gasteiger partial charge in [-0.05, 0) is 75.7 Å². The number of aromatic nitrogens is 2. The second kappa shape index (κ2) is 6.89. The van der Waals surface area contributed by atoms with Crippen LogP contribution in [0.5, 0.6) is 5.75 Å². The molecule has 5 heteroatoms. The monoisotopic (exact) mass is 365 g/mol. The van der Waals surface area contributed by atoms with Crippen LogP contribution in [-0.2, 0) is 0 Å². The zero-order valence-electron chi connectivity index (χ0n) is 16.0. The van der Waals surface area contributed by atoms with Crippen LogP contribution in [0.2, 0.25) is 0 Å². The first-order valence-corrected chi connectivity index (χ1v) is 9.38. The number of phenolic OH excluding ortho intramolecular Hbond substituents is 1. The van der Waals surface area contributed by atoms with Crippen molar-refractivity contribution in [2.75, 3.05) is 20.1 Å². The van der Waals surface area contributed by atoms with E-state index in [9.17, 15) is 9.50 Å². The number of fused-ring (bicyclic) bond motifs is 1. The Bertz CT molecular complexity index is 995. The summed E-state index contributed by atoms with van der Waals surface area (Å²) in [5.41, 5.74) is 3.84. The van der Waals surface area contributed by atoms with Crippen LogP contribution in [0.1, 0.15) is 35.6 Å². The van der Waals surface area contributed by atoms with Crippen molar-refractivity contribution in [3.05, 3.63) is 53.0 Å². The molecule has 0 amide bonds. The predicted molar refractivity (Wildman–Crippen MR) is 106 cm³/mol. The number of aryl methyl sites for hydroxylation is 2. The molecule has 3 aromatic rings. The number of hydrogen-bond donors (Lipinski definition) is 1. The number of phenols is 1. The molecule has 4 rings (SSSR count). The number of halogens is 1. The van der Waals surface area contributed by atoms with Crippen LogP contribution in [0.15, 0.2) is 30.3 Å². The highest BCUT2D eigenvalue weighted by molar-refractivity contribution is 5.81.